The van der Waals surface area contributed by atoms with Crippen LogP contribution in [0.1, 0.15) is 5.56 Å². The van der Waals surface area contributed by atoms with E-state index in [9.17, 15) is 10.1 Å². The Hall–Kier alpha value is -2.57. The third-order valence-corrected chi connectivity index (χ3v) is 1.84. The number of nitro benzene ring substituents is 1. The highest BCUT2D eigenvalue weighted by molar-refractivity contribution is 5.79. The van der Waals surface area contributed by atoms with E-state index in [1.165, 1.54) is 29.6 Å². The molecule has 80 valence electrons. The Morgan fingerprint density at radius 1 is 1.38 bits per heavy atom. The number of nitrogens with zero attached hydrogens (tertiary/aromatic N) is 5. The van der Waals surface area contributed by atoms with Crippen LogP contribution in [0.5, 0.6) is 0 Å². The third-order valence-electron chi connectivity index (χ3n) is 1.84. The van der Waals surface area contributed by atoms with Crippen molar-refractivity contribution in [2.24, 2.45) is 5.10 Å². The molecule has 1 heterocycles. The van der Waals surface area contributed by atoms with E-state index < -0.39 is 4.92 Å². The SMILES string of the molecule is O=[N+]([O-])c1ccc(/C=N/n2cncn2)cc1. The number of nitro groups is 1. The molecule has 2 rings (SSSR count). The maximum absolute atomic E-state index is 10.4. The van der Waals surface area contributed by atoms with Crippen molar-refractivity contribution < 1.29 is 4.92 Å². The molecular weight excluding hydrogens is 210 g/mol. The Morgan fingerprint density at radius 3 is 2.69 bits per heavy atom. The van der Waals surface area contributed by atoms with Crippen molar-refractivity contribution in [2.75, 3.05) is 0 Å². The first-order chi connectivity index (χ1) is 7.75. The minimum Gasteiger partial charge on any atom is -0.258 e. The summed E-state index contributed by atoms with van der Waals surface area (Å²) in [5, 5.41) is 18.1. The second kappa shape index (κ2) is 4.30. The van der Waals surface area contributed by atoms with E-state index in [0.29, 0.717) is 0 Å². The van der Waals surface area contributed by atoms with Crippen LogP contribution in [0, 0.1) is 10.1 Å². The van der Waals surface area contributed by atoms with Crippen molar-refractivity contribution in [1.82, 2.24) is 14.9 Å². The molecule has 1 aromatic carbocycles. The molecule has 0 saturated heterocycles. The van der Waals surface area contributed by atoms with Crippen molar-refractivity contribution in [2.45, 2.75) is 0 Å². The zero-order valence-corrected chi connectivity index (χ0v) is 8.09. The number of hydrogen-bond acceptors (Lipinski definition) is 5. The van der Waals surface area contributed by atoms with Crippen LogP contribution in [0.3, 0.4) is 0 Å². The minimum absolute atomic E-state index is 0.0536. The second-order valence-electron chi connectivity index (χ2n) is 2.91. The van der Waals surface area contributed by atoms with Gasteiger partial charge in [0.25, 0.3) is 5.69 Å². The molecular formula is C9H7N5O2. The molecule has 1 aromatic heterocycles. The van der Waals surface area contributed by atoms with Crippen LogP contribution >= 0.6 is 0 Å². The Balaban J connectivity index is 2.14. The normalized spacial score (nSPS) is 10.8. The van der Waals surface area contributed by atoms with E-state index in [0.717, 1.165) is 5.56 Å². The van der Waals surface area contributed by atoms with Crippen LogP contribution in [0.15, 0.2) is 42.0 Å². The molecule has 0 atom stereocenters. The number of hydrogen-bond donors (Lipinski definition) is 0. The quantitative estimate of drug-likeness (QED) is 0.437. The molecule has 0 fully saturated rings. The van der Waals surface area contributed by atoms with Crippen molar-refractivity contribution in [3.63, 3.8) is 0 Å². The van der Waals surface area contributed by atoms with Gasteiger partial charge in [-0.05, 0) is 17.7 Å². The first-order valence-electron chi connectivity index (χ1n) is 4.39. The largest absolute Gasteiger partial charge is 0.269 e. The summed E-state index contributed by atoms with van der Waals surface area (Å²) in [6, 6.07) is 6.06. The second-order valence-corrected chi connectivity index (χ2v) is 2.91. The maximum atomic E-state index is 10.4. The van der Waals surface area contributed by atoms with Crippen molar-refractivity contribution in [1.29, 1.82) is 0 Å². The fraction of sp³-hybridized carbons (Fsp3) is 0. The van der Waals surface area contributed by atoms with E-state index in [4.69, 9.17) is 0 Å². The van der Waals surface area contributed by atoms with Crippen LogP contribution in [0.25, 0.3) is 0 Å². The minimum atomic E-state index is -0.446. The molecule has 0 amide bonds. The van der Waals surface area contributed by atoms with Gasteiger partial charge < -0.3 is 0 Å². The standard InChI is InChI=1S/C9H7N5O2/c15-14(16)9-3-1-8(2-4-9)5-11-13-7-10-6-12-13/h1-7H/b11-5+. The molecule has 0 N–H and O–H groups in total. The highest BCUT2D eigenvalue weighted by Crippen LogP contribution is 2.10. The molecule has 0 unspecified atom stereocenters. The number of aromatic nitrogens is 3. The topological polar surface area (TPSA) is 86.2 Å². The summed E-state index contributed by atoms with van der Waals surface area (Å²) in [6.07, 6.45) is 4.35. The average molecular weight is 217 g/mol. The summed E-state index contributed by atoms with van der Waals surface area (Å²) < 4.78 is 0. The summed E-state index contributed by atoms with van der Waals surface area (Å²) in [6.45, 7) is 0. The maximum Gasteiger partial charge on any atom is 0.269 e. The zero-order valence-electron chi connectivity index (χ0n) is 8.09. The lowest BCUT2D eigenvalue weighted by molar-refractivity contribution is -0.384. The van der Waals surface area contributed by atoms with Gasteiger partial charge in [0.1, 0.15) is 12.7 Å². The predicted octanol–water partition coefficient (Wildman–Crippen LogP) is 1.07. The summed E-state index contributed by atoms with van der Waals surface area (Å²) >= 11 is 0. The molecule has 7 nitrogen and oxygen atoms in total. The van der Waals surface area contributed by atoms with Crippen LogP contribution in [0.2, 0.25) is 0 Å². The molecule has 0 aliphatic rings. The van der Waals surface area contributed by atoms with Crippen molar-refractivity contribution in [3.05, 3.63) is 52.6 Å². The molecule has 0 saturated carbocycles. The predicted molar refractivity (Wildman–Crippen MR) is 56.1 cm³/mol. The van der Waals surface area contributed by atoms with Gasteiger partial charge in [0.2, 0.25) is 0 Å². The number of benzene rings is 1. The highest BCUT2D eigenvalue weighted by atomic mass is 16.6. The first-order valence-corrected chi connectivity index (χ1v) is 4.39. The van der Waals surface area contributed by atoms with Gasteiger partial charge >= 0.3 is 0 Å². The molecule has 0 aliphatic carbocycles. The smallest absolute Gasteiger partial charge is 0.258 e. The lowest BCUT2D eigenvalue weighted by Gasteiger charge is -1.93. The van der Waals surface area contributed by atoms with E-state index in [1.54, 1.807) is 18.3 Å². The van der Waals surface area contributed by atoms with Gasteiger partial charge in [-0.1, -0.05) is 0 Å². The molecule has 0 spiro atoms. The monoisotopic (exact) mass is 217 g/mol. The molecule has 2 aromatic rings. The Bertz CT molecular complexity index is 503. The summed E-state index contributed by atoms with van der Waals surface area (Å²) in [4.78, 5) is 15.0. The highest BCUT2D eigenvalue weighted by Gasteiger charge is 2.02. The van der Waals surface area contributed by atoms with Gasteiger partial charge in [0, 0.05) is 12.1 Å². The van der Waals surface area contributed by atoms with E-state index >= 15 is 0 Å². The van der Waals surface area contributed by atoms with E-state index in [1.807, 2.05) is 0 Å². The lowest BCUT2D eigenvalue weighted by Crippen LogP contribution is -1.91. The molecule has 7 heteroatoms. The first kappa shape index (κ1) is 9.97. The van der Waals surface area contributed by atoms with Gasteiger partial charge in [-0.25, -0.2) is 4.98 Å². The fourth-order valence-corrected chi connectivity index (χ4v) is 1.07. The number of rotatable bonds is 3. The molecule has 0 bridgehead atoms. The lowest BCUT2D eigenvalue weighted by atomic mass is 10.2. The Labute approximate surface area is 90.2 Å². The fourth-order valence-electron chi connectivity index (χ4n) is 1.07. The summed E-state index contributed by atoms with van der Waals surface area (Å²) in [5.74, 6) is 0. The summed E-state index contributed by atoms with van der Waals surface area (Å²) in [5.41, 5.74) is 0.805. The van der Waals surface area contributed by atoms with Crippen LogP contribution in [0.4, 0.5) is 5.69 Å². The molecule has 16 heavy (non-hydrogen) atoms. The Kier molecular flexibility index (Phi) is 2.68. The Morgan fingerprint density at radius 2 is 2.12 bits per heavy atom. The van der Waals surface area contributed by atoms with E-state index in [-0.39, 0.29) is 5.69 Å². The van der Waals surface area contributed by atoms with Gasteiger partial charge in [0.05, 0.1) is 11.1 Å². The number of non-ortho nitro benzene ring substituents is 1. The van der Waals surface area contributed by atoms with Crippen molar-refractivity contribution in [3.8, 4) is 0 Å². The van der Waals surface area contributed by atoms with E-state index in [2.05, 4.69) is 15.2 Å². The van der Waals surface area contributed by atoms with Crippen LogP contribution in [-0.4, -0.2) is 26.0 Å². The zero-order chi connectivity index (χ0) is 11.4. The van der Waals surface area contributed by atoms with Crippen molar-refractivity contribution >= 4 is 11.9 Å². The van der Waals surface area contributed by atoms with Gasteiger partial charge in [-0.3, -0.25) is 10.1 Å². The van der Waals surface area contributed by atoms with Crippen LogP contribution in [-0.2, 0) is 0 Å². The summed E-state index contributed by atoms with van der Waals surface area (Å²) in [7, 11) is 0. The van der Waals surface area contributed by atoms with Crippen LogP contribution < -0.4 is 0 Å². The average Bonchev–Trinajstić information content (AvgIpc) is 2.80. The van der Waals surface area contributed by atoms with Gasteiger partial charge in [-0.15, -0.1) is 9.89 Å². The van der Waals surface area contributed by atoms with Gasteiger partial charge in [0.15, 0.2) is 0 Å². The molecule has 0 radical (unpaired) electrons. The molecule has 0 aliphatic heterocycles. The van der Waals surface area contributed by atoms with Gasteiger partial charge in [-0.2, -0.15) is 5.10 Å². The third kappa shape index (κ3) is 2.27.